The van der Waals surface area contributed by atoms with Gasteiger partial charge in [0.25, 0.3) is 0 Å². The van der Waals surface area contributed by atoms with Gasteiger partial charge < -0.3 is 4.74 Å². The summed E-state index contributed by atoms with van der Waals surface area (Å²) in [6.45, 7) is 5.74. The third-order valence-corrected chi connectivity index (χ3v) is 3.18. The van der Waals surface area contributed by atoms with Crippen molar-refractivity contribution in [2.24, 2.45) is 0 Å². The molecule has 0 aliphatic rings. The van der Waals surface area contributed by atoms with Gasteiger partial charge in [0, 0.05) is 0 Å². The molecule has 1 rings (SSSR count). The van der Waals surface area contributed by atoms with E-state index >= 15 is 0 Å². The summed E-state index contributed by atoms with van der Waals surface area (Å²) in [5.41, 5.74) is 0. The van der Waals surface area contributed by atoms with E-state index < -0.39 is 0 Å². The van der Waals surface area contributed by atoms with Crippen LogP contribution in [0.5, 0.6) is 5.75 Å². The van der Waals surface area contributed by atoms with Crippen molar-refractivity contribution in [2.75, 3.05) is 0 Å². The minimum absolute atomic E-state index is 0.193. The van der Waals surface area contributed by atoms with Crippen LogP contribution in [-0.2, 0) is 0 Å². The number of rotatable bonds is 6. The van der Waals surface area contributed by atoms with Crippen LogP contribution in [-0.4, -0.2) is 11.6 Å². The zero-order chi connectivity index (χ0) is 11.1. The second-order valence-electron chi connectivity index (χ2n) is 3.00. The summed E-state index contributed by atoms with van der Waals surface area (Å²) in [5, 5.41) is 3.42. The van der Waals surface area contributed by atoms with E-state index in [0.29, 0.717) is 0 Å². The molecular weight excluding hydrogens is 226 g/mol. The monoisotopic (exact) mass is 241 g/mol. The van der Waals surface area contributed by atoms with Crippen molar-refractivity contribution in [3.8, 4) is 5.75 Å². The smallest absolute Gasteiger partial charge is 0.170 e. The van der Waals surface area contributed by atoms with E-state index in [9.17, 15) is 0 Å². The standard InChI is InChI=1S/C11H15NOS2/c1-3-11(12-9(2)15-14)13-10-7-5-4-6-8-10/h3-9,11-12,14H,1H2,2H3. The van der Waals surface area contributed by atoms with E-state index in [2.05, 4.69) is 23.6 Å². The van der Waals surface area contributed by atoms with E-state index in [-0.39, 0.29) is 11.6 Å². The van der Waals surface area contributed by atoms with Gasteiger partial charge in [-0.1, -0.05) is 35.6 Å². The highest BCUT2D eigenvalue weighted by molar-refractivity contribution is 8.68. The summed E-state index contributed by atoms with van der Waals surface area (Å²) in [7, 11) is 1.43. The largest absolute Gasteiger partial charge is 0.472 e. The quantitative estimate of drug-likeness (QED) is 0.346. The first-order valence-electron chi connectivity index (χ1n) is 4.67. The van der Waals surface area contributed by atoms with Gasteiger partial charge in [-0.2, -0.15) is 0 Å². The molecule has 0 aromatic heterocycles. The Morgan fingerprint density at radius 1 is 1.47 bits per heavy atom. The van der Waals surface area contributed by atoms with Crippen molar-refractivity contribution >= 4 is 22.5 Å². The normalized spacial score (nSPS) is 14.3. The third-order valence-electron chi connectivity index (χ3n) is 1.78. The highest BCUT2D eigenvalue weighted by atomic mass is 33.1. The number of benzene rings is 1. The van der Waals surface area contributed by atoms with Crippen molar-refractivity contribution in [3.63, 3.8) is 0 Å². The summed E-state index contributed by atoms with van der Waals surface area (Å²) in [5.74, 6) is 0.825. The number of para-hydroxylation sites is 1. The molecule has 0 saturated carbocycles. The second-order valence-corrected chi connectivity index (χ2v) is 4.55. The van der Waals surface area contributed by atoms with Crippen molar-refractivity contribution in [1.82, 2.24) is 5.32 Å². The zero-order valence-corrected chi connectivity index (χ0v) is 10.3. The molecule has 2 unspecified atom stereocenters. The van der Waals surface area contributed by atoms with Crippen molar-refractivity contribution in [2.45, 2.75) is 18.5 Å². The van der Waals surface area contributed by atoms with E-state index in [0.717, 1.165) is 5.75 Å². The first kappa shape index (κ1) is 12.5. The first-order chi connectivity index (χ1) is 7.26. The topological polar surface area (TPSA) is 21.3 Å². The van der Waals surface area contributed by atoms with Crippen LogP contribution < -0.4 is 10.1 Å². The maximum absolute atomic E-state index is 5.66. The highest BCUT2D eigenvalue weighted by Gasteiger charge is 2.08. The van der Waals surface area contributed by atoms with Gasteiger partial charge in [0.05, 0.1) is 5.37 Å². The Morgan fingerprint density at radius 2 is 2.13 bits per heavy atom. The lowest BCUT2D eigenvalue weighted by molar-refractivity contribution is 0.209. The molecular formula is C11H15NOS2. The van der Waals surface area contributed by atoms with Crippen molar-refractivity contribution in [1.29, 1.82) is 0 Å². The van der Waals surface area contributed by atoms with Gasteiger partial charge in [-0.25, -0.2) is 0 Å². The molecule has 0 bridgehead atoms. The van der Waals surface area contributed by atoms with Crippen LogP contribution in [0.2, 0.25) is 0 Å². The fourth-order valence-electron chi connectivity index (χ4n) is 1.06. The molecule has 82 valence electrons. The lowest BCUT2D eigenvalue weighted by Crippen LogP contribution is -2.36. The second kappa shape index (κ2) is 6.82. The van der Waals surface area contributed by atoms with Gasteiger partial charge in [0.1, 0.15) is 5.75 Å². The Hall–Kier alpha value is -0.580. The minimum Gasteiger partial charge on any atom is -0.472 e. The molecule has 2 atom stereocenters. The van der Waals surface area contributed by atoms with Gasteiger partial charge in [0.15, 0.2) is 6.23 Å². The van der Waals surface area contributed by atoms with E-state index in [1.807, 2.05) is 37.3 Å². The number of hydrogen-bond acceptors (Lipinski definition) is 4. The molecule has 0 spiro atoms. The molecule has 0 fully saturated rings. The number of ether oxygens (including phenoxy) is 1. The molecule has 15 heavy (non-hydrogen) atoms. The Kier molecular flexibility index (Phi) is 5.68. The molecule has 1 N–H and O–H groups in total. The molecule has 0 radical (unpaired) electrons. The van der Waals surface area contributed by atoms with Gasteiger partial charge in [-0.15, -0.1) is 11.7 Å². The lowest BCUT2D eigenvalue weighted by atomic mass is 10.3. The van der Waals surface area contributed by atoms with Crippen LogP contribution >= 0.6 is 22.5 Å². The third kappa shape index (κ3) is 4.64. The van der Waals surface area contributed by atoms with Gasteiger partial charge >= 0.3 is 0 Å². The molecule has 0 aliphatic heterocycles. The average Bonchev–Trinajstić information content (AvgIpc) is 2.29. The fraction of sp³-hybridized carbons (Fsp3) is 0.273. The number of hydrogen-bond donors (Lipinski definition) is 2. The maximum Gasteiger partial charge on any atom is 0.170 e. The Bertz CT molecular complexity index is 292. The summed E-state index contributed by atoms with van der Waals surface area (Å²) < 4.78 is 5.66. The van der Waals surface area contributed by atoms with Gasteiger partial charge in [-0.05, 0) is 25.1 Å². The van der Waals surface area contributed by atoms with Crippen LogP contribution in [0.3, 0.4) is 0 Å². The summed E-state index contributed by atoms with van der Waals surface area (Å²) >= 11 is 4.12. The van der Waals surface area contributed by atoms with Gasteiger partial charge in [-0.3, -0.25) is 5.32 Å². The SMILES string of the molecule is C=CC(NC(C)SS)Oc1ccccc1. The van der Waals surface area contributed by atoms with E-state index in [4.69, 9.17) is 4.74 Å². The molecule has 0 saturated heterocycles. The highest BCUT2D eigenvalue weighted by Crippen LogP contribution is 2.14. The predicted octanol–water partition coefficient (Wildman–Crippen LogP) is 3.09. The molecule has 1 aromatic carbocycles. The number of thiol groups is 1. The van der Waals surface area contributed by atoms with Crippen LogP contribution in [0.25, 0.3) is 0 Å². The number of nitrogens with one attached hydrogen (secondary N) is 1. The first-order valence-corrected chi connectivity index (χ1v) is 6.60. The molecule has 4 heteroatoms. The van der Waals surface area contributed by atoms with Crippen LogP contribution in [0.15, 0.2) is 43.0 Å². The Balaban J connectivity index is 2.50. The van der Waals surface area contributed by atoms with Crippen LogP contribution in [0.1, 0.15) is 6.92 Å². The summed E-state index contributed by atoms with van der Waals surface area (Å²) in [6, 6.07) is 9.65. The average molecular weight is 241 g/mol. The molecule has 0 heterocycles. The molecule has 0 amide bonds. The lowest BCUT2D eigenvalue weighted by Gasteiger charge is -2.20. The summed E-state index contributed by atoms with van der Waals surface area (Å²) in [6.07, 6.45) is 1.54. The summed E-state index contributed by atoms with van der Waals surface area (Å²) in [4.78, 5) is 0. The zero-order valence-electron chi connectivity index (χ0n) is 8.59. The van der Waals surface area contributed by atoms with Crippen molar-refractivity contribution in [3.05, 3.63) is 43.0 Å². The fourth-order valence-corrected chi connectivity index (χ4v) is 1.44. The van der Waals surface area contributed by atoms with E-state index in [1.54, 1.807) is 6.08 Å². The van der Waals surface area contributed by atoms with Gasteiger partial charge in [0.2, 0.25) is 0 Å². The molecule has 2 nitrogen and oxygen atoms in total. The van der Waals surface area contributed by atoms with Crippen molar-refractivity contribution < 1.29 is 4.74 Å². The van der Waals surface area contributed by atoms with Crippen LogP contribution in [0.4, 0.5) is 0 Å². The van der Waals surface area contributed by atoms with E-state index in [1.165, 1.54) is 10.8 Å². The minimum atomic E-state index is -0.193. The Morgan fingerprint density at radius 3 is 2.67 bits per heavy atom. The maximum atomic E-state index is 5.66. The van der Waals surface area contributed by atoms with Crippen LogP contribution in [0, 0.1) is 0 Å². The molecule has 1 aromatic rings. The predicted molar refractivity (Wildman–Crippen MR) is 70.2 cm³/mol. The Labute approximate surface area is 99.9 Å². The molecule has 0 aliphatic carbocycles.